The Morgan fingerprint density at radius 2 is 2.05 bits per heavy atom. The number of methoxy groups -OCH3 is 1. The van der Waals surface area contributed by atoms with Gasteiger partial charge in [-0.25, -0.2) is 4.79 Å². The van der Waals surface area contributed by atoms with Crippen LogP contribution in [0.5, 0.6) is 5.75 Å². The zero-order chi connectivity index (χ0) is 14.9. The number of furan rings is 1. The van der Waals surface area contributed by atoms with E-state index in [0.717, 1.165) is 6.92 Å². The van der Waals surface area contributed by atoms with Crippen LogP contribution in [0.15, 0.2) is 28.7 Å². The fourth-order valence-corrected chi connectivity index (χ4v) is 1.76. The molecule has 2 N–H and O–H groups in total. The van der Waals surface area contributed by atoms with Gasteiger partial charge in [0.05, 0.1) is 7.11 Å². The molecule has 0 saturated carbocycles. The first kappa shape index (κ1) is 14.6. The van der Waals surface area contributed by atoms with Crippen LogP contribution in [0, 0.1) is 0 Å². The summed E-state index contributed by atoms with van der Waals surface area (Å²) in [7, 11) is -2.97. The Kier molecular flexibility index (Phi) is 3.85. The Bertz CT molecular complexity index is 684. The number of fused-ring (bicyclic) bond motifs is 1. The van der Waals surface area contributed by atoms with Crippen molar-refractivity contribution >= 4 is 24.5 Å². The van der Waals surface area contributed by atoms with Gasteiger partial charge in [-0.3, -0.25) is 4.57 Å². The molecule has 0 saturated heterocycles. The minimum Gasteiger partial charge on any atom is -0.497 e. The van der Waals surface area contributed by atoms with Gasteiger partial charge in [0.2, 0.25) is 5.76 Å². The highest BCUT2D eigenvalue weighted by Crippen LogP contribution is 2.41. The monoisotopic (exact) mass is 300 g/mol. The molecule has 20 heavy (non-hydrogen) atoms. The van der Waals surface area contributed by atoms with Gasteiger partial charge in [-0.1, -0.05) is 0 Å². The largest absolute Gasteiger partial charge is 0.497 e. The molecule has 1 aromatic carbocycles. The molecule has 0 radical (unpaired) electrons. The Morgan fingerprint density at radius 3 is 2.65 bits per heavy atom. The number of rotatable bonds is 4. The molecule has 0 aliphatic rings. The molecular formula is C12H13O7P. The van der Waals surface area contributed by atoms with E-state index in [2.05, 4.69) is 4.74 Å². The van der Waals surface area contributed by atoms with Crippen molar-refractivity contribution in [1.29, 1.82) is 0 Å². The molecule has 0 bridgehead atoms. The summed E-state index contributed by atoms with van der Waals surface area (Å²) in [5.74, 6) is -2.00. The molecule has 1 unspecified atom stereocenters. The summed E-state index contributed by atoms with van der Waals surface area (Å²) in [6.07, 6.45) is 0. The van der Waals surface area contributed by atoms with Crippen LogP contribution >= 0.6 is 7.60 Å². The zero-order valence-electron chi connectivity index (χ0n) is 10.8. The van der Waals surface area contributed by atoms with E-state index in [1.54, 1.807) is 18.2 Å². The van der Waals surface area contributed by atoms with E-state index < -0.39 is 19.4 Å². The molecule has 0 fully saturated rings. The fourth-order valence-electron chi connectivity index (χ4n) is 1.53. The standard InChI is InChI=1S/C12H13O7P/c1-7(20(14,15)16)18-12(13)11-6-8-5-9(17-2)3-4-10(8)19-11/h3-7H,1-2H3,(H2,14,15,16). The summed E-state index contributed by atoms with van der Waals surface area (Å²) in [4.78, 5) is 29.5. The Hall–Kier alpha value is -1.82. The number of ether oxygens (including phenoxy) is 2. The number of benzene rings is 1. The number of esters is 1. The topological polar surface area (TPSA) is 106 Å². The van der Waals surface area contributed by atoms with E-state index in [4.69, 9.17) is 18.9 Å². The first-order valence-corrected chi connectivity index (χ1v) is 7.33. The minimum absolute atomic E-state index is 0.131. The van der Waals surface area contributed by atoms with E-state index in [1.807, 2.05) is 0 Å². The van der Waals surface area contributed by atoms with Gasteiger partial charge in [-0.2, -0.15) is 0 Å². The first-order valence-electron chi connectivity index (χ1n) is 5.65. The van der Waals surface area contributed by atoms with Gasteiger partial charge in [0.1, 0.15) is 11.3 Å². The van der Waals surface area contributed by atoms with Gasteiger partial charge in [-0.05, 0) is 31.2 Å². The summed E-state index contributed by atoms with van der Waals surface area (Å²) in [5.41, 5.74) is 0.446. The Balaban J connectivity index is 2.25. The summed E-state index contributed by atoms with van der Waals surface area (Å²) < 4.78 is 25.9. The van der Waals surface area contributed by atoms with Gasteiger partial charge < -0.3 is 23.7 Å². The number of hydrogen-bond acceptors (Lipinski definition) is 5. The average Bonchev–Trinajstić information content (AvgIpc) is 2.80. The molecule has 2 rings (SSSR count). The summed E-state index contributed by atoms with van der Waals surface area (Å²) in [5, 5.41) is 0.625. The zero-order valence-corrected chi connectivity index (χ0v) is 11.7. The molecule has 0 aliphatic carbocycles. The van der Waals surface area contributed by atoms with Gasteiger partial charge >= 0.3 is 13.6 Å². The van der Waals surface area contributed by atoms with Gasteiger partial charge in [-0.15, -0.1) is 0 Å². The van der Waals surface area contributed by atoms with Gasteiger partial charge in [0.25, 0.3) is 0 Å². The van der Waals surface area contributed by atoms with Crippen LogP contribution < -0.4 is 4.74 Å². The SMILES string of the molecule is COc1ccc2oc(C(=O)OC(C)P(=O)(O)O)cc2c1. The normalized spacial score (nSPS) is 13.2. The van der Waals surface area contributed by atoms with Crippen molar-refractivity contribution in [2.45, 2.75) is 12.8 Å². The molecule has 0 spiro atoms. The lowest BCUT2D eigenvalue weighted by atomic mass is 10.2. The minimum atomic E-state index is -4.48. The molecule has 0 aliphatic heterocycles. The van der Waals surface area contributed by atoms with Crippen LogP contribution in [0.25, 0.3) is 11.0 Å². The third-order valence-electron chi connectivity index (χ3n) is 2.68. The predicted octanol–water partition coefficient (Wildman–Crippen LogP) is 2.12. The molecule has 1 heterocycles. The van der Waals surface area contributed by atoms with Crippen molar-refractivity contribution in [3.05, 3.63) is 30.0 Å². The summed E-state index contributed by atoms with van der Waals surface area (Å²) in [6.45, 7) is 1.12. The maximum Gasteiger partial charge on any atom is 0.375 e. The summed E-state index contributed by atoms with van der Waals surface area (Å²) in [6, 6.07) is 6.38. The maximum absolute atomic E-state index is 11.7. The van der Waals surface area contributed by atoms with E-state index >= 15 is 0 Å². The van der Waals surface area contributed by atoms with Crippen molar-refractivity contribution in [2.75, 3.05) is 7.11 Å². The van der Waals surface area contributed by atoms with Crippen LogP contribution in [0.2, 0.25) is 0 Å². The summed E-state index contributed by atoms with van der Waals surface area (Å²) >= 11 is 0. The second-order valence-electron chi connectivity index (χ2n) is 4.11. The van der Waals surface area contributed by atoms with Crippen molar-refractivity contribution in [3.8, 4) is 5.75 Å². The quantitative estimate of drug-likeness (QED) is 0.658. The second kappa shape index (κ2) is 5.28. The lowest BCUT2D eigenvalue weighted by molar-refractivity contribution is 0.0395. The molecule has 2 aromatic rings. The molecule has 0 amide bonds. The van der Waals surface area contributed by atoms with E-state index in [1.165, 1.54) is 13.2 Å². The Morgan fingerprint density at radius 1 is 1.35 bits per heavy atom. The van der Waals surface area contributed by atoms with Crippen molar-refractivity contribution in [2.24, 2.45) is 0 Å². The van der Waals surface area contributed by atoms with Crippen LogP contribution in [0.3, 0.4) is 0 Å². The van der Waals surface area contributed by atoms with Crippen LogP contribution in [-0.2, 0) is 9.30 Å². The number of carbonyl (C=O) groups excluding carboxylic acids is 1. The van der Waals surface area contributed by atoms with Crippen molar-refractivity contribution in [1.82, 2.24) is 0 Å². The Labute approximate surface area is 114 Å². The fraction of sp³-hybridized carbons (Fsp3) is 0.250. The molecule has 1 aromatic heterocycles. The molecule has 8 heteroatoms. The van der Waals surface area contributed by atoms with E-state index in [9.17, 15) is 9.36 Å². The molecular weight excluding hydrogens is 287 g/mol. The van der Waals surface area contributed by atoms with E-state index in [0.29, 0.717) is 16.7 Å². The molecule has 1 atom stereocenters. The third kappa shape index (κ3) is 3.01. The van der Waals surface area contributed by atoms with Crippen LogP contribution in [0.4, 0.5) is 0 Å². The van der Waals surface area contributed by atoms with E-state index in [-0.39, 0.29) is 5.76 Å². The molecule has 7 nitrogen and oxygen atoms in total. The number of carbonyl (C=O) groups is 1. The third-order valence-corrected chi connectivity index (χ3v) is 3.73. The second-order valence-corrected chi connectivity index (χ2v) is 6.01. The smallest absolute Gasteiger partial charge is 0.375 e. The van der Waals surface area contributed by atoms with Crippen LogP contribution in [0.1, 0.15) is 17.5 Å². The predicted molar refractivity (Wildman–Crippen MR) is 69.7 cm³/mol. The van der Waals surface area contributed by atoms with Crippen molar-refractivity contribution < 1.29 is 33.0 Å². The first-order chi connectivity index (χ1) is 9.31. The lowest BCUT2D eigenvalue weighted by Crippen LogP contribution is -2.14. The molecule has 108 valence electrons. The maximum atomic E-state index is 11.7. The highest BCUT2D eigenvalue weighted by atomic mass is 31.2. The van der Waals surface area contributed by atoms with Crippen LogP contribution in [-0.4, -0.2) is 28.7 Å². The lowest BCUT2D eigenvalue weighted by Gasteiger charge is -2.12. The van der Waals surface area contributed by atoms with Gasteiger partial charge in [0, 0.05) is 5.39 Å². The number of hydrogen-bond donors (Lipinski definition) is 2. The highest BCUT2D eigenvalue weighted by Gasteiger charge is 2.29. The van der Waals surface area contributed by atoms with Crippen molar-refractivity contribution in [3.63, 3.8) is 0 Å². The average molecular weight is 300 g/mol. The highest BCUT2D eigenvalue weighted by molar-refractivity contribution is 7.52. The van der Waals surface area contributed by atoms with Gasteiger partial charge in [0.15, 0.2) is 5.85 Å².